The molecule has 3 heteroatoms. The average molecular weight is 342 g/mol. The van der Waals surface area contributed by atoms with Crippen LogP contribution in [0.3, 0.4) is 0 Å². The van der Waals surface area contributed by atoms with Gasteiger partial charge in [-0.05, 0) is 58.4 Å². The van der Waals surface area contributed by atoms with Crippen molar-refractivity contribution in [2.75, 3.05) is 4.90 Å². The lowest BCUT2D eigenvalue weighted by Crippen LogP contribution is -2.10. The number of rotatable bonds is 3. The summed E-state index contributed by atoms with van der Waals surface area (Å²) in [5, 5.41) is 0. The summed E-state index contributed by atoms with van der Waals surface area (Å²) in [5.74, 6) is -0.258. The number of benzene rings is 3. The van der Waals surface area contributed by atoms with Crippen LogP contribution in [-0.2, 0) is 0 Å². The molecule has 0 heterocycles. The minimum absolute atomic E-state index is 0.258. The molecular weight excluding hydrogens is 329 g/mol. The Kier molecular flexibility index (Phi) is 4.02. The maximum absolute atomic E-state index is 13.4. The number of anilines is 3. The van der Waals surface area contributed by atoms with E-state index in [1.165, 1.54) is 12.1 Å². The summed E-state index contributed by atoms with van der Waals surface area (Å²) in [6.45, 7) is 0. The molecule has 21 heavy (non-hydrogen) atoms. The van der Waals surface area contributed by atoms with Crippen LogP contribution in [0.2, 0.25) is 0 Å². The van der Waals surface area contributed by atoms with Crippen LogP contribution in [-0.4, -0.2) is 0 Å². The fourth-order valence-corrected chi connectivity index (χ4v) is 2.77. The summed E-state index contributed by atoms with van der Waals surface area (Å²) >= 11 is 3.46. The molecule has 0 aliphatic heterocycles. The van der Waals surface area contributed by atoms with Crippen LogP contribution in [0.5, 0.6) is 0 Å². The molecule has 0 amide bonds. The van der Waals surface area contributed by atoms with Crippen LogP contribution in [0, 0.1) is 5.82 Å². The molecule has 0 saturated carbocycles. The zero-order chi connectivity index (χ0) is 14.7. The third-order valence-corrected chi connectivity index (χ3v) is 3.81. The molecule has 3 aromatic rings. The zero-order valence-electron chi connectivity index (χ0n) is 11.2. The minimum atomic E-state index is -0.258. The maximum Gasteiger partial charge on any atom is 0.124 e. The molecule has 0 saturated heterocycles. The van der Waals surface area contributed by atoms with Gasteiger partial charge in [0.25, 0.3) is 0 Å². The van der Waals surface area contributed by atoms with Gasteiger partial charge < -0.3 is 4.90 Å². The summed E-state index contributed by atoms with van der Waals surface area (Å²) in [7, 11) is 0. The summed E-state index contributed by atoms with van der Waals surface area (Å²) in [6.07, 6.45) is 0. The third kappa shape index (κ3) is 2.98. The molecule has 0 bridgehead atoms. The van der Waals surface area contributed by atoms with Gasteiger partial charge in [-0.25, -0.2) is 4.39 Å². The molecule has 0 aliphatic rings. The predicted molar refractivity (Wildman–Crippen MR) is 88.8 cm³/mol. The highest BCUT2D eigenvalue weighted by atomic mass is 79.9. The van der Waals surface area contributed by atoms with Gasteiger partial charge in [-0.2, -0.15) is 0 Å². The van der Waals surface area contributed by atoms with E-state index in [4.69, 9.17) is 0 Å². The van der Waals surface area contributed by atoms with Crippen molar-refractivity contribution in [1.29, 1.82) is 0 Å². The molecule has 1 nitrogen and oxygen atoms in total. The summed E-state index contributed by atoms with van der Waals surface area (Å²) in [4.78, 5) is 2.09. The summed E-state index contributed by atoms with van der Waals surface area (Å²) in [5.41, 5.74) is 2.95. The normalized spacial score (nSPS) is 10.4. The van der Waals surface area contributed by atoms with Crippen LogP contribution in [0.15, 0.2) is 83.3 Å². The van der Waals surface area contributed by atoms with Gasteiger partial charge in [0, 0.05) is 15.8 Å². The largest absolute Gasteiger partial charge is 0.309 e. The number of nitrogens with zero attached hydrogens (tertiary/aromatic N) is 1. The molecule has 0 unspecified atom stereocenters. The highest BCUT2D eigenvalue weighted by molar-refractivity contribution is 9.10. The molecule has 0 radical (unpaired) electrons. The lowest BCUT2D eigenvalue weighted by molar-refractivity contribution is 0.627. The van der Waals surface area contributed by atoms with Gasteiger partial charge in [0.05, 0.1) is 5.69 Å². The van der Waals surface area contributed by atoms with Gasteiger partial charge in [-0.3, -0.25) is 0 Å². The van der Waals surface area contributed by atoms with Crippen molar-refractivity contribution in [2.45, 2.75) is 0 Å². The molecule has 0 aromatic heterocycles. The van der Waals surface area contributed by atoms with E-state index in [-0.39, 0.29) is 5.82 Å². The monoisotopic (exact) mass is 341 g/mol. The Hall–Kier alpha value is -2.13. The van der Waals surface area contributed by atoms with Gasteiger partial charge in [-0.1, -0.05) is 36.4 Å². The van der Waals surface area contributed by atoms with E-state index < -0.39 is 0 Å². The van der Waals surface area contributed by atoms with Gasteiger partial charge in [0.1, 0.15) is 5.82 Å². The molecule has 104 valence electrons. The van der Waals surface area contributed by atoms with Crippen LogP contribution in [0.1, 0.15) is 0 Å². The fraction of sp³-hybridized carbons (Fsp3) is 0. The first-order valence-electron chi connectivity index (χ1n) is 6.61. The summed E-state index contributed by atoms with van der Waals surface area (Å²) in [6, 6.07) is 24.8. The highest BCUT2D eigenvalue weighted by Gasteiger charge is 2.14. The summed E-state index contributed by atoms with van der Waals surface area (Å²) < 4.78 is 14.1. The first kappa shape index (κ1) is 13.8. The van der Waals surface area contributed by atoms with Gasteiger partial charge in [0.15, 0.2) is 0 Å². The molecule has 0 atom stereocenters. The third-order valence-electron chi connectivity index (χ3n) is 3.18. The second-order valence-corrected chi connectivity index (χ2v) is 5.46. The molecule has 0 spiro atoms. The van der Waals surface area contributed by atoms with E-state index >= 15 is 0 Å². The van der Waals surface area contributed by atoms with Crippen LogP contribution in [0.4, 0.5) is 21.5 Å². The van der Waals surface area contributed by atoms with Crippen LogP contribution >= 0.6 is 15.9 Å². The predicted octanol–water partition coefficient (Wildman–Crippen LogP) is 6.06. The number of hydrogen-bond acceptors (Lipinski definition) is 1. The van der Waals surface area contributed by atoms with Crippen molar-refractivity contribution >= 4 is 33.0 Å². The van der Waals surface area contributed by atoms with Crippen molar-refractivity contribution in [3.63, 3.8) is 0 Å². The van der Waals surface area contributed by atoms with Crippen molar-refractivity contribution in [2.24, 2.45) is 0 Å². The van der Waals surface area contributed by atoms with E-state index in [9.17, 15) is 4.39 Å². The van der Waals surface area contributed by atoms with Crippen molar-refractivity contribution < 1.29 is 4.39 Å². The Morgan fingerprint density at radius 1 is 0.714 bits per heavy atom. The Morgan fingerprint density at radius 3 is 1.71 bits per heavy atom. The van der Waals surface area contributed by atoms with Gasteiger partial charge in [0.2, 0.25) is 0 Å². The van der Waals surface area contributed by atoms with Crippen molar-refractivity contribution in [3.8, 4) is 0 Å². The van der Waals surface area contributed by atoms with E-state index in [1.54, 1.807) is 6.07 Å². The Balaban J connectivity index is 2.17. The maximum atomic E-state index is 13.4. The standard InChI is InChI=1S/C18H13BrFN/c19-17-13-14(20)11-12-18(17)21(15-7-3-1-4-8-15)16-9-5-2-6-10-16/h1-13H. The lowest BCUT2D eigenvalue weighted by atomic mass is 10.2. The number of hydrogen-bond donors (Lipinski definition) is 0. The van der Waals surface area contributed by atoms with Crippen LogP contribution < -0.4 is 4.90 Å². The molecule has 0 aliphatic carbocycles. The Morgan fingerprint density at radius 2 is 1.24 bits per heavy atom. The minimum Gasteiger partial charge on any atom is -0.309 e. The van der Waals surface area contributed by atoms with Crippen LogP contribution in [0.25, 0.3) is 0 Å². The molecule has 0 N–H and O–H groups in total. The van der Waals surface area contributed by atoms with E-state index in [2.05, 4.69) is 20.8 Å². The first-order valence-corrected chi connectivity index (χ1v) is 7.40. The Labute approximate surface area is 131 Å². The molecule has 0 fully saturated rings. The molecule has 3 rings (SSSR count). The van der Waals surface area contributed by atoms with Crippen molar-refractivity contribution in [1.82, 2.24) is 0 Å². The SMILES string of the molecule is Fc1ccc(N(c2ccccc2)c2ccccc2)c(Br)c1. The lowest BCUT2D eigenvalue weighted by Gasteiger charge is -2.26. The fourth-order valence-electron chi connectivity index (χ4n) is 2.24. The highest BCUT2D eigenvalue weighted by Crippen LogP contribution is 2.38. The second-order valence-electron chi connectivity index (χ2n) is 4.60. The smallest absolute Gasteiger partial charge is 0.124 e. The van der Waals surface area contributed by atoms with Gasteiger partial charge in [-0.15, -0.1) is 0 Å². The first-order chi connectivity index (χ1) is 10.3. The van der Waals surface area contributed by atoms with Gasteiger partial charge >= 0.3 is 0 Å². The number of halogens is 2. The average Bonchev–Trinajstić information content (AvgIpc) is 2.52. The second kappa shape index (κ2) is 6.10. The Bertz CT molecular complexity index is 689. The quantitative estimate of drug-likeness (QED) is 0.559. The van der Waals surface area contributed by atoms with Crippen molar-refractivity contribution in [3.05, 3.63) is 89.2 Å². The zero-order valence-corrected chi connectivity index (χ0v) is 12.8. The molecule has 3 aromatic carbocycles. The molecular formula is C18H13BrFN. The van der Waals surface area contributed by atoms with E-state index in [1.807, 2.05) is 60.7 Å². The topological polar surface area (TPSA) is 3.24 Å². The van der Waals surface area contributed by atoms with E-state index in [0.717, 1.165) is 21.5 Å². The van der Waals surface area contributed by atoms with E-state index in [0.29, 0.717) is 0 Å². The number of para-hydroxylation sites is 2.